The lowest BCUT2D eigenvalue weighted by Gasteiger charge is -2.11. The molecule has 2 N–H and O–H groups in total. The minimum atomic E-state index is -0.235. The molecule has 0 unspecified atom stereocenters. The number of nitrogens with one attached hydrogen (secondary N) is 2. The van der Waals surface area contributed by atoms with Gasteiger partial charge >= 0.3 is 0 Å². The molecule has 0 fully saturated rings. The third kappa shape index (κ3) is 5.60. The van der Waals surface area contributed by atoms with Crippen molar-refractivity contribution >= 4 is 5.96 Å². The third-order valence-electron chi connectivity index (χ3n) is 3.10. The molecule has 5 heteroatoms. The highest BCUT2D eigenvalue weighted by molar-refractivity contribution is 5.79. The predicted molar refractivity (Wildman–Crippen MR) is 86.2 cm³/mol. The second-order valence-corrected chi connectivity index (χ2v) is 4.98. The van der Waals surface area contributed by atoms with Crippen LogP contribution in [0.5, 0.6) is 0 Å². The summed E-state index contributed by atoms with van der Waals surface area (Å²) in [6.07, 6.45) is 3.47. The third-order valence-corrected chi connectivity index (χ3v) is 3.10. The number of hydrogen-bond acceptors (Lipinski definition) is 2. The van der Waals surface area contributed by atoms with E-state index >= 15 is 0 Å². The Morgan fingerprint density at radius 3 is 2.77 bits per heavy atom. The molecule has 1 aromatic heterocycles. The molecule has 0 aliphatic rings. The maximum absolute atomic E-state index is 13.2. The minimum Gasteiger partial charge on any atom is -0.469 e. The lowest BCUT2D eigenvalue weighted by molar-refractivity contribution is 0.506. The van der Waals surface area contributed by atoms with Crippen molar-refractivity contribution in [3.8, 4) is 0 Å². The summed E-state index contributed by atoms with van der Waals surface area (Å²) in [4.78, 5) is 4.49. The predicted octanol–water partition coefficient (Wildman–Crippen LogP) is 3.11. The summed E-state index contributed by atoms with van der Waals surface area (Å²) in [6, 6.07) is 10.3. The van der Waals surface area contributed by atoms with Gasteiger partial charge in [-0.3, -0.25) is 0 Å². The zero-order chi connectivity index (χ0) is 15.6. The highest BCUT2D eigenvalue weighted by Crippen LogP contribution is 2.04. The average Bonchev–Trinajstić information content (AvgIpc) is 3.03. The van der Waals surface area contributed by atoms with Gasteiger partial charge < -0.3 is 15.1 Å². The quantitative estimate of drug-likeness (QED) is 0.610. The zero-order valence-electron chi connectivity index (χ0n) is 12.8. The van der Waals surface area contributed by atoms with Crippen LogP contribution < -0.4 is 10.6 Å². The lowest BCUT2D eigenvalue weighted by Crippen LogP contribution is -2.38. The summed E-state index contributed by atoms with van der Waals surface area (Å²) in [6.45, 7) is 4.11. The second kappa shape index (κ2) is 8.87. The van der Waals surface area contributed by atoms with Crippen LogP contribution in [0.25, 0.3) is 0 Å². The van der Waals surface area contributed by atoms with Gasteiger partial charge in [0, 0.05) is 19.5 Å². The van der Waals surface area contributed by atoms with Crippen molar-refractivity contribution in [2.45, 2.75) is 26.3 Å². The largest absolute Gasteiger partial charge is 0.469 e. The molecule has 0 spiro atoms. The van der Waals surface area contributed by atoms with E-state index in [1.54, 1.807) is 12.3 Å². The monoisotopic (exact) mass is 303 g/mol. The van der Waals surface area contributed by atoms with Crippen LogP contribution in [-0.2, 0) is 13.0 Å². The van der Waals surface area contributed by atoms with Crippen molar-refractivity contribution in [3.05, 3.63) is 59.8 Å². The summed E-state index contributed by atoms with van der Waals surface area (Å²) in [5.41, 5.74) is 0.851. The van der Waals surface area contributed by atoms with Crippen molar-refractivity contribution in [2.75, 3.05) is 13.1 Å². The highest BCUT2D eigenvalue weighted by atomic mass is 19.1. The Morgan fingerprint density at radius 2 is 2.05 bits per heavy atom. The van der Waals surface area contributed by atoms with Crippen molar-refractivity contribution in [3.63, 3.8) is 0 Å². The zero-order valence-corrected chi connectivity index (χ0v) is 12.8. The van der Waals surface area contributed by atoms with E-state index in [1.165, 1.54) is 12.1 Å². The van der Waals surface area contributed by atoms with Crippen LogP contribution in [0.2, 0.25) is 0 Å². The molecule has 0 bridgehead atoms. The molecule has 0 aliphatic heterocycles. The van der Waals surface area contributed by atoms with Crippen molar-refractivity contribution in [2.24, 2.45) is 4.99 Å². The highest BCUT2D eigenvalue weighted by Gasteiger charge is 2.00. The summed E-state index contributed by atoms with van der Waals surface area (Å²) in [7, 11) is 0. The molecule has 4 nitrogen and oxygen atoms in total. The van der Waals surface area contributed by atoms with E-state index in [0.29, 0.717) is 6.54 Å². The first-order chi connectivity index (χ1) is 10.8. The van der Waals surface area contributed by atoms with Gasteiger partial charge in [-0.25, -0.2) is 9.38 Å². The van der Waals surface area contributed by atoms with Crippen LogP contribution in [-0.4, -0.2) is 19.0 Å². The maximum Gasteiger partial charge on any atom is 0.191 e. The molecule has 1 heterocycles. The fourth-order valence-corrected chi connectivity index (χ4v) is 1.98. The lowest BCUT2D eigenvalue weighted by atomic mass is 10.2. The number of hydrogen-bond donors (Lipinski definition) is 2. The average molecular weight is 303 g/mol. The van der Waals surface area contributed by atoms with Gasteiger partial charge in [0.1, 0.15) is 11.6 Å². The fourth-order valence-electron chi connectivity index (χ4n) is 1.98. The number of guanidine groups is 1. The first kappa shape index (κ1) is 16.1. The van der Waals surface area contributed by atoms with Crippen LogP contribution in [0.3, 0.4) is 0 Å². The van der Waals surface area contributed by atoms with Gasteiger partial charge in [0.25, 0.3) is 0 Å². The van der Waals surface area contributed by atoms with E-state index in [1.807, 2.05) is 18.2 Å². The van der Waals surface area contributed by atoms with Crippen LogP contribution in [0.15, 0.2) is 52.1 Å². The molecular formula is C17H22FN3O. The molecule has 0 saturated carbocycles. The Balaban J connectivity index is 1.88. The summed E-state index contributed by atoms with van der Waals surface area (Å²) < 4.78 is 18.5. The van der Waals surface area contributed by atoms with E-state index in [-0.39, 0.29) is 5.82 Å². The number of rotatable bonds is 7. The van der Waals surface area contributed by atoms with Crippen LogP contribution >= 0.6 is 0 Å². The van der Waals surface area contributed by atoms with E-state index in [4.69, 9.17) is 4.42 Å². The molecule has 0 amide bonds. The topological polar surface area (TPSA) is 49.6 Å². The molecule has 1 aromatic carbocycles. The molecule has 118 valence electrons. The van der Waals surface area contributed by atoms with E-state index in [2.05, 4.69) is 22.5 Å². The molecule has 0 atom stereocenters. The van der Waals surface area contributed by atoms with Gasteiger partial charge in [0.2, 0.25) is 0 Å². The SMILES string of the molecule is CCCNC(=NCc1cccc(F)c1)NCCc1ccco1. The number of halogens is 1. The summed E-state index contributed by atoms with van der Waals surface area (Å²) in [5.74, 6) is 1.44. The van der Waals surface area contributed by atoms with Gasteiger partial charge in [-0.05, 0) is 36.2 Å². The normalized spacial score (nSPS) is 11.5. The van der Waals surface area contributed by atoms with Crippen molar-refractivity contribution in [1.29, 1.82) is 0 Å². The summed E-state index contributed by atoms with van der Waals surface area (Å²) >= 11 is 0. The fraction of sp³-hybridized carbons (Fsp3) is 0.353. The molecular weight excluding hydrogens is 281 g/mol. The van der Waals surface area contributed by atoms with Crippen LogP contribution in [0, 0.1) is 5.82 Å². The Hall–Kier alpha value is -2.30. The molecule has 2 aromatic rings. The number of furan rings is 1. The van der Waals surface area contributed by atoms with E-state index in [0.717, 1.165) is 43.2 Å². The summed E-state index contributed by atoms with van der Waals surface area (Å²) in [5, 5.41) is 6.51. The van der Waals surface area contributed by atoms with Crippen molar-refractivity contribution in [1.82, 2.24) is 10.6 Å². The molecule has 0 saturated heterocycles. The van der Waals surface area contributed by atoms with E-state index in [9.17, 15) is 4.39 Å². The van der Waals surface area contributed by atoms with Crippen LogP contribution in [0.1, 0.15) is 24.7 Å². The Labute approximate surface area is 130 Å². The maximum atomic E-state index is 13.2. The van der Waals surface area contributed by atoms with Gasteiger partial charge in [0.05, 0.1) is 12.8 Å². The van der Waals surface area contributed by atoms with Crippen LogP contribution in [0.4, 0.5) is 4.39 Å². The second-order valence-electron chi connectivity index (χ2n) is 4.98. The standard InChI is InChI=1S/C17H22FN3O/c1-2-9-19-17(20-10-8-16-7-4-11-22-16)21-13-14-5-3-6-15(18)12-14/h3-7,11-12H,2,8-10,13H2,1H3,(H2,19,20,21). The molecule has 22 heavy (non-hydrogen) atoms. The Bertz CT molecular complexity index is 581. The van der Waals surface area contributed by atoms with Crippen molar-refractivity contribution < 1.29 is 8.81 Å². The minimum absolute atomic E-state index is 0.235. The Morgan fingerprint density at radius 1 is 1.18 bits per heavy atom. The number of benzene rings is 1. The Kier molecular flexibility index (Phi) is 6.48. The first-order valence-electron chi connectivity index (χ1n) is 7.57. The van der Waals surface area contributed by atoms with Gasteiger partial charge in [-0.1, -0.05) is 19.1 Å². The molecule has 2 rings (SSSR count). The molecule has 0 aliphatic carbocycles. The van der Waals surface area contributed by atoms with Gasteiger partial charge in [-0.2, -0.15) is 0 Å². The van der Waals surface area contributed by atoms with Gasteiger partial charge in [-0.15, -0.1) is 0 Å². The number of nitrogens with zero attached hydrogens (tertiary/aromatic N) is 1. The number of aliphatic imine (C=N–C) groups is 1. The molecule has 0 radical (unpaired) electrons. The first-order valence-corrected chi connectivity index (χ1v) is 7.57. The van der Waals surface area contributed by atoms with E-state index < -0.39 is 0 Å². The van der Waals surface area contributed by atoms with Gasteiger partial charge in [0.15, 0.2) is 5.96 Å². The smallest absolute Gasteiger partial charge is 0.191 e.